The number of para-hydroxylation sites is 2. The van der Waals surface area contributed by atoms with E-state index in [-0.39, 0.29) is 10.3 Å². The molecule has 0 heterocycles. The van der Waals surface area contributed by atoms with Crippen molar-refractivity contribution in [3.05, 3.63) is 60.7 Å². The zero-order valence-electron chi connectivity index (χ0n) is 15.8. The van der Waals surface area contributed by atoms with Gasteiger partial charge in [-0.25, -0.2) is 10.0 Å². The van der Waals surface area contributed by atoms with E-state index in [0.717, 1.165) is 0 Å². The largest absolute Gasteiger partial charge is 0.431 e. The number of thiocarbonyl (C=S) groups is 2. The summed E-state index contributed by atoms with van der Waals surface area (Å²) in [7, 11) is 3.02. The summed E-state index contributed by atoms with van der Waals surface area (Å²) >= 11 is 10.2. The Morgan fingerprint density at radius 3 is 1.45 bits per heavy atom. The number of nitrogens with one attached hydrogen (secondary N) is 2. The van der Waals surface area contributed by atoms with Gasteiger partial charge < -0.3 is 9.47 Å². The predicted molar refractivity (Wildman–Crippen MR) is 116 cm³/mol. The van der Waals surface area contributed by atoms with Gasteiger partial charge in [0.25, 0.3) is 10.3 Å². The molecule has 2 aromatic carbocycles. The molecular weight excluding hydrogens is 412 g/mol. The van der Waals surface area contributed by atoms with Gasteiger partial charge in [-0.15, -0.1) is 0 Å². The fourth-order valence-corrected chi connectivity index (χ4v) is 2.29. The maximum atomic E-state index is 12.1. The Morgan fingerprint density at radius 2 is 1.10 bits per heavy atom. The summed E-state index contributed by atoms with van der Waals surface area (Å²) in [5.74, 6) is -0.0885. The average molecular weight is 433 g/mol. The van der Waals surface area contributed by atoms with Crippen molar-refractivity contribution in [2.45, 2.75) is 6.42 Å². The fourth-order valence-electron chi connectivity index (χ4n) is 2.01. The van der Waals surface area contributed by atoms with Gasteiger partial charge in [-0.2, -0.15) is 0 Å². The fraction of sp³-hybridized carbons (Fsp3) is 0.158. The predicted octanol–water partition coefficient (Wildman–Crippen LogP) is 2.03. The summed E-state index contributed by atoms with van der Waals surface area (Å²) in [6.45, 7) is 0. The molecule has 0 unspecified atom stereocenters. The monoisotopic (exact) mass is 432 g/mol. The second-order valence-electron chi connectivity index (χ2n) is 5.73. The number of hydrogen-bond acceptors (Lipinski definition) is 6. The van der Waals surface area contributed by atoms with Gasteiger partial charge in [-0.3, -0.25) is 20.4 Å². The molecular formula is C19H20N4O4S2. The van der Waals surface area contributed by atoms with Gasteiger partial charge >= 0.3 is 0 Å². The Labute approximate surface area is 179 Å². The van der Waals surface area contributed by atoms with Crippen LogP contribution in [-0.4, -0.2) is 46.3 Å². The molecule has 0 saturated carbocycles. The molecule has 0 spiro atoms. The Hall–Kier alpha value is -3.24. The number of rotatable bonds is 4. The van der Waals surface area contributed by atoms with Gasteiger partial charge in [0.2, 0.25) is 11.8 Å². The van der Waals surface area contributed by atoms with Crippen molar-refractivity contribution in [2.75, 3.05) is 14.1 Å². The first-order valence-corrected chi connectivity index (χ1v) is 9.27. The van der Waals surface area contributed by atoms with Gasteiger partial charge in [0.15, 0.2) is 0 Å². The number of ether oxygens (including phenoxy) is 2. The summed E-state index contributed by atoms with van der Waals surface area (Å²) in [5.41, 5.74) is 4.92. The first-order chi connectivity index (χ1) is 13.8. The van der Waals surface area contributed by atoms with Crippen molar-refractivity contribution in [1.82, 2.24) is 20.9 Å². The molecule has 2 aromatic rings. The molecule has 0 fully saturated rings. The highest BCUT2D eigenvalue weighted by Crippen LogP contribution is 2.10. The standard InChI is InChI=1S/C19H20N4O4S2/c1-22(18(28)26-14-9-5-3-6-10-14)20-16(24)13-17(25)21-23(2)19(29)27-15-11-7-4-8-12-15/h3-12H,13H2,1-2H3,(H,20,24)(H,21,25). The highest BCUT2D eigenvalue weighted by molar-refractivity contribution is 7.80. The van der Waals surface area contributed by atoms with Crippen LogP contribution in [0.25, 0.3) is 0 Å². The van der Waals surface area contributed by atoms with Crippen LogP contribution in [-0.2, 0) is 9.59 Å². The van der Waals surface area contributed by atoms with E-state index < -0.39 is 18.2 Å². The zero-order chi connectivity index (χ0) is 21.2. The van der Waals surface area contributed by atoms with E-state index in [1.807, 2.05) is 12.1 Å². The third-order valence-corrected chi connectivity index (χ3v) is 4.06. The topological polar surface area (TPSA) is 83.1 Å². The quantitative estimate of drug-likeness (QED) is 0.432. The Kier molecular flexibility index (Phi) is 8.31. The van der Waals surface area contributed by atoms with Gasteiger partial charge in [0.1, 0.15) is 17.9 Å². The lowest BCUT2D eigenvalue weighted by Crippen LogP contribution is -2.48. The van der Waals surface area contributed by atoms with E-state index in [1.165, 1.54) is 24.1 Å². The number of hydrogen-bond donors (Lipinski definition) is 2. The van der Waals surface area contributed by atoms with E-state index in [0.29, 0.717) is 11.5 Å². The molecule has 152 valence electrons. The zero-order valence-corrected chi connectivity index (χ0v) is 17.5. The molecule has 0 bridgehead atoms. The molecule has 0 aliphatic heterocycles. The Balaban J connectivity index is 1.75. The molecule has 0 aliphatic carbocycles. The van der Waals surface area contributed by atoms with Crippen LogP contribution in [0.1, 0.15) is 6.42 Å². The highest BCUT2D eigenvalue weighted by Gasteiger charge is 2.16. The van der Waals surface area contributed by atoms with Crippen molar-refractivity contribution in [2.24, 2.45) is 0 Å². The van der Waals surface area contributed by atoms with Gasteiger partial charge in [0, 0.05) is 14.1 Å². The number of carbonyl (C=O) groups excluding carboxylic acids is 2. The SMILES string of the molecule is CN(NC(=O)CC(=O)NN(C)C(=S)Oc1ccccc1)C(=S)Oc1ccccc1. The number of carbonyl (C=O) groups is 2. The summed E-state index contributed by atoms with van der Waals surface area (Å²) in [6.07, 6.45) is -0.448. The van der Waals surface area contributed by atoms with Crippen molar-refractivity contribution in [1.29, 1.82) is 0 Å². The van der Waals surface area contributed by atoms with E-state index >= 15 is 0 Å². The minimum atomic E-state index is -0.577. The van der Waals surface area contributed by atoms with E-state index in [4.69, 9.17) is 33.9 Å². The minimum Gasteiger partial charge on any atom is -0.431 e. The van der Waals surface area contributed by atoms with Crippen LogP contribution in [0, 0.1) is 0 Å². The van der Waals surface area contributed by atoms with Crippen LogP contribution in [0.2, 0.25) is 0 Å². The summed E-state index contributed by atoms with van der Waals surface area (Å²) in [5, 5.41) is 2.48. The second-order valence-corrected chi connectivity index (χ2v) is 6.43. The third-order valence-electron chi connectivity index (χ3n) is 3.35. The minimum absolute atomic E-state index is 0.0273. The lowest BCUT2D eigenvalue weighted by atomic mass is 10.3. The maximum absolute atomic E-state index is 12.1. The average Bonchev–Trinajstić information content (AvgIpc) is 2.69. The van der Waals surface area contributed by atoms with Gasteiger partial charge in [-0.05, 0) is 48.7 Å². The molecule has 10 heteroatoms. The van der Waals surface area contributed by atoms with Crippen LogP contribution < -0.4 is 20.3 Å². The van der Waals surface area contributed by atoms with Crippen molar-refractivity contribution < 1.29 is 19.1 Å². The van der Waals surface area contributed by atoms with Crippen LogP contribution in [0.5, 0.6) is 11.5 Å². The van der Waals surface area contributed by atoms with Crippen molar-refractivity contribution in [3.63, 3.8) is 0 Å². The van der Waals surface area contributed by atoms with Crippen LogP contribution in [0.3, 0.4) is 0 Å². The number of amides is 2. The third kappa shape index (κ3) is 7.72. The van der Waals surface area contributed by atoms with Gasteiger partial charge in [-0.1, -0.05) is 36.4 Å². The number of hydrazine groups is 2. The lowest BCUT2D eigenvalue weighted by Gasteiger charge is -2.22. The van der Waals surface area contributed by atoms with E-state index in [9.17, 15) is 9.59 Å². The molecule has 2 N–H and O–H groups in total. The normalized spacial score (nSPS) is 9.72. The van der Waals surface area contributed by atoms with E-state index in [1.54, 1.807) is 48.5 Å². The molecule has 8 nitrogen and oxygen atoms in total. The second kappa shape index (κ2) is 10.9. The number of benzene rings is 2. The van der Waals surface area contributed by atoms with Gasteiger partial charge in [0.05, 0.1) is 0 Å². The Morgan fingerprint density at radius 1 is 0.759 bits per heavy atom. The molecule has 2 amide bonds. The molecule has 0 saturated heterocycles. The lowest BCUT2D eigenvalue weighted by molar-refractivity contribution is -0.132. The smallest absolute Gasteiger partial charge is 0.283 e. The molecule has 29 heavy (non-hydrogen) atoms. The van der Waals surface area contributed by atoms with Crippen LogP contribution in [0.4, 0.5) is 0 Å². The summed E-state index contributed by atoms with van der Waals surface area (Å²) in [6, 6.07) is 17.8. The van der Waals surface area contributed by atoms with Crippen molar-refractivity contribution in [3.8, 4) is 11.5 Å². The number of nitrogens with zero attached hydrogens (tertiary/aromatic N) is 2. The molecule has 0 atom stereocenters. The molecule has 2 rings (SSSR count). The van der Waals surface area contributed by atoms with E-state index in [2.05, 4.69) is 10.9 Å². The first kappa shape index (κ1) is 22.1. The summed E-state index contributed by atoms with van der Waals surface area (Å²) < 4.78 is 10.9. The Bertz CT molecular complexity index is 794. The molecule has 0 radical (unpaired) electrons. The summed E-state index contributed by atoms with van der Waals surface area (Å²) in [4.78, 5) is 24.1. The highest BCUT2D eigenvalue weighted by atomic mass is 32.1. The molecule has 0 aromatic heterocycles. The first-order valence-electron chi connectivity index (χ1n) is 8.45. The van der Waals surface area contributed by atoms with Crippen LogP contribution in [0.15, 0.2) is 60.7 Å². The van der Waals surface area contributed by atoms with Crippen molar-refractivity contribution >= 4 is 46.6 Å². The maximum Gasteiger partial charge on any atom is 0.283 e. The molecule has 0 aliphatic rings. The van der Waals surface area contributed by atoms with Crippen LogP contribution >= 0.6 is 24.4 Å².